The fourth-order valence-corrected chi connectivity index (χ4v) is 3.62. The molecule has 5 N–H and O–H groups in total. The zero-order chi connectivity index (χ0) is 22.5. The highest BCUT2D eigenvalue weighted by molar-refractivity contribution is 5.89. The number of nitrogens with zero attached hydrogens (tertiary/aromatic N) is 3. The van der Waals surface area contributed by atoms with Crippen molar-refractivity contribution in [3.63, 3.8) is 0 Å². The Bertz CT molecular complexity index is 787. The number of morpholine rings is 1. The minimum atomic E-state index is -1.39. The molecule has 0 spiro atoms. The summed E-state index contributed by atoms with van der Waals surface area (Å²) in [5.74, 6) is -1.51. The van der Waals surface area contributed by atoms with Crippen LogP contribution in [0.15, 0.2) is 18.2 Å². The maximum atomic E-state index is 12.8. The van der Waals surface area contributed by atoms with E-state index < -0.39 is 18.1 Å². The number of aliphatic hydroxyl groups excluding tert-OH is 1. The van der Waals surface area contributed by atoms with Crippen LogP contribution in [0.2, 0.25) is 0 Å². The number of hydrogen-bond donors (Lipinski definition) is 5. The standard InChI is InChI=1S/C20H31N5O6/c1-13(21-19(29)17(28)12-14-3-4-15(26)16(27)11-14)20(30)25-6-5-18(25)23(2)22-24-7-9-31-10-8-24/h3-4,11,13,17-18,22,26-28H,5-10,12H2,1-2H3,(H,21,29). The second kappa shape index (κ2) is 10.2. The van der Waals surface area contributed by atoms with Gasteiger partial charge in [-0.3, -0.25) is 9.59 Å². The Kier molecular flexibility index (Phi) is 7.68. The van der Waals surface area contributed by atoms with Gasteiger partial charge in [0.25, 0.3) is 0 Å². The van der Waals surface area contributed by atoms with Gasteiger partial charge in [0.05, 0.1) is 13.2 Å². The first-order chi connectivity index (χ1) is 14.8. The number of phenols is 2. The van der Waals surface area contributed by atoms with Crippen molar-refractivity contribution in [3.05, 3.63) is 23.8 Å². The molecule has 1 aromatic carbocycles. The zero-order valence-electron chi connectivity index (χ0n) is 17.8. The van der Waals surface area contributed by atoms with E-state index in [0.717, 1.165) is 19.5 Å². The lowest BCUT2D eigenvalue weighted by Gasteiger charge is -2.48. The number of likely N-dealkylation sites (tertiary alicyclic amines) is 1. The molecule has 3 unspecified atom stereocenters. The number of phenolic OH excluding ortho intramolecular Hbond substituents is 2. The van der Waals surface area contributed by atoms with Gasteiger partial charge in [-0.2, -0.15) is 5.53 Å². The van der Waals surface area contributed by atoms with Gasteiger partial charge in [0.2, 0.25) is 11.8 Å². The summed E-state index contributed by atoms with van der Waals surface area (Å²) in [5, 5.41) is 35.5. The molecule has 2 amide bonds. The highest BCUT2D eigenvalue weighted by Gasteiger charge is 2.38. The highest BCUT2D eigenvalue weighted by atomic mass is 16.5. The molecule has 0 aromatic heterocycles. The minimum absolute atomic E-state index is 0.0564. The first-order valence-electron chi connectivity index (χ1n) is 10.4. The third kappa shape index (κ3) is 5.83. The van der Waals surface area contributed by atoms with Crippen molar-refractivity contribution in [1.29, 1.82) is 0 Å². The van der Waals surface area contributed by atoms with Crippen LogP contribution in [-0.4, -0.2) is 100 Å². The number of amides is 2. The summed E-state index contributed by atoms with van der Waals surface area (Å²) in [6.45, 7) is 5.01. The lowest BCUT2D eigenvalue weighted by Crippen LogP contribution is -2.67. The SMILES string of the molecule is CC(NC(=O)C(O)Cc1ccc(O)c(O)c1)C(=O)N1CCC1N(C)NN1CCOCC1. The van der Waals surface area contributed by atoms with Gasteiger partial charge in [0.15, 0.2) is 11.5 Å². The first kappa shape index (κ1) is 23.2. The van der Waals surface area contributed by atoms with Gasteiger partial charge in [0.1, 0.15) is 18.3 Å². The van der Waals surface area contributed by atoms with E-state index in [-0.39, 0.29) is 30.0 Å². The molecule has 2 fully saturated rings. The van der Waals surface area contributed by atoms with Gasteiger partial charge in [-0.1, -0.05) is 6.07 Å². The van der Waals surface area contributed by atoms with E-state index in [2.05, 4.69) is 10.9 Å². The lowest BCUT2D eigenvalue weighted by atomic mass is 10.1. The smallest absolute Gasteiger partial charge is 0.249 e. The summed E-state index contributed by atoms with van der Waals surface area (Å²) in [6.07, 6.45) is -0.761. The Morgan fingerprint density at radius 3 is 2.55 bits per heavy atom. The van der Waals surface area contributed by atoms with E-state index in [1.54, 1.807) is 11.8 Å². The average molecular weight is 437 g/mol. The zero-order valence-corrected chi connectivity index (χ0v) is 17.8. The number of benzene rings is 1. The van der Waals surface area contributed by atoms with Gasteiger partial charge in [-0.05, 0) is 24.6 Å². The van der Waals surface area contributed by atoms with Crippen LogP contribution in [0.4, 0.5) is 0 Å². The van der Waals surface area contributed by atoms with Crippen molar-refractivity contribution in [2.75, 3.05) is 39.9 Å². The van der Waals surface area contributed by atoms with E-state index in [1.165, 1.54) is 18.2 Å². The molecular weight excluding hydrogens is 406 g/mol. The van der Waals surface area contributed by atoms with E-state index in [9.17, 15) is 24.9 Å². The van der Waals surface area contributed by atoms with E-state index in [0.29, 0.717) is 25.3 Å². The number of hydrazine groups is 2. The second-order valence-electron chi connectivity index (χ2n) is 7.88. The predicted octanol–water partition coefficient (Wildman–Crippen LogP) is -1.25. The topological polar surface area (TPSA) is 138 Å². The Morgan fingerprint density at radius 2 is 1.94 bits per heavy atom. The number of aliphatic hydroxyl groups is 1. The predicted molar refractivity (Wildman–Crippen MR) is 110 cm³/mol. The molecule has 2 aliphatic heterocycles. The molecule has 0 bridgehead atoms. The molecule has 1 aromatic rings. The van der Waals surface area contributed by atoms with Crippen molar-refractivity contribution >= 4 is 11.8 Å². The Hall–Kier alpha value is -2.44. The van der Waals surface area contributed by atoms with Gasteiger partial charge >= 0.3 is 0 Å². The average Bonchev–Trinajstić information content (AvgIpc) is 2.70. The summed E-state index contributed by atoms with van der Waals surface area (Å²) in [6, 6.07) is 3.27. The number of hydrogen-bond acceptors (Lipinski definition) is 9. The van der Waals surface area contributed by atoms with Crippen LogP contribution in [0.3, 0.4) is 0 Å². The second-order valence-corrected chi connectivity index (χ2v) is 7.88. The van der Waals surface area contributed by atoms with Crippen LogP contribution in [-0.2, 0) is 20.7 Å². The molecule has 2 aliphatic rings. The quantitative estimate of drug-likeness (QED) is 0.249. The maximum Gasteiger partial charge on any atom is 0.249 e. The lowest BCUT2D eigenvalue weighted by molar-refractivity contribution is -0.160. The van der Waals surface area contributed by atoms with Crippen molar-refractivity contribution in [1.82, 2.24) is 25.8 Å². The van der Waals surface area contributed by atoms with E-state index in [1.807, 2.05) is 17.1 Å². The summed E-state index contributed by atoms with van der Waals surface area (Å²) < 4.78 is 5.33. The van der Waals surface area contributed by atoms with Crippen LogP contribution >= 0.6 is 0 Å². The Labute approximate surface area is 181 Å². The van der Waals surface area contributed by atoms with Gasteiger partial charge in [-0.15, -0.1) is 0 Å². The maximum absolute atomic E-state index is 12.8. The molecular formula is C20H31N5O6. The molecule has 31 heavy (non-hydrogen) atoms. The van der Waals surface area contributed by atoms with Gasteiger partial charge < -0.3 is 30.3 Å². The molecule has 3 atom stereocenters. The summed E-state index contributed by atoms with van der Waals surface area (Å²) in [7, 11) is 1.87. The fraction of sp³-hybridized carbons (Fsp3) is 0.600. The number of carbonyl (C=O) groups is 2. The van der Waals surface area contributed by atoms with Crippen molar-refractivity contribution < 1.29 is 29.6 Å². The van der Waals surface area contributed by atoms with Crippen LogP contribution in [0.1, 0.15) is 18.9 Å². The van der Waals surface area contributed by atoms with Crippen LogP contribution in [0, 0.1) is 0 Å². The monoisotopic (exact) mass is 437 g/mol. The molecule has 11 nitrogen and oxygen atoms in total. The van der Waals surface area contributed by atoms with Gasteiger partial charge in [0, 0.05) is 39.5 Å². The molecule has 172 valence electrons. The van der Waals surface area contributed by atoms with Crippen LogP contribution in [0.25, 0.3) is 0 Å². The van der Waals surface area contributed by atoms with E-state index >= 15 is 0 Å². The molecule has 11 heteroatoms. The normalized spacial score (nSPS) is 21.4. The molecule has 0 radical (unpaired) electrons. The molecule has 2 saturated heterocycles. The first-order valence-corrected chi connectivity index (χ1v) is 10.4. The van der Waals surface area contributed by atoms with E-state index in [4.69, 9.17) is 4.74 Å². The summed E-state index contributed by atoms with van der Waals surface area (Å²) >= 11 is 0. The van der Waals surface area contributed by atoms with Gasteiger partial charge in [-0.25, -0.2) is 10.0 Å². The van der Waals surface area contributed by atoms with Crippen LogP contribution in [0.5, 0.6) is 11.5 Å². The molecule has 0 saturated carbocycles. The van der Waals surface area contributed by atoms with Crippen molar-refractivity contribution in [2.45, 2.75) is 38.1 Å². The largest absolute Gasteiger partial charge is 0.504 e. The third-order valence-electron chi connectivity index (χ3n) is 5.53. The Morgan fingerprint density at radius 1 is 1.23 bits per heavy atom. The van der Waals surface area contributed by atoms with Crippen molar-refractivity contribution in [2.24, 2.45) is 0 Å². The number of aromatic hydroxyl groups is 2. The number of ether oxygens (including phenoxy) is 1. The number of carbonyl (C=O) groups excluding carboxylic acids is 2. The summed E-state index contributed by atoms with van der Waals surface area (Å²) in [5.41, 5.74) is 3.75. The number of nitrogens with one attached hydrogen (secondary N) is 2. The highest BCUT2D eigenvalue weighted by Crippen LogP contribution is 2.25. The van der Waals surface area contributed by atoms with Crippen LogP contribution < -0.4 is 10.9 Å². The van der Waals surface area contributed by atoms with Crippen molar-refractivity contribution in [3.8, 4) is 11.5 Å². The number of rotatable bonds is 8. The Balaban J connectivity index is 1.48. The summed E-state index contributed by atoms with van der Waals surface area (Å²) in [4.78, 5) is 26.8. The fourth-order valence-electron chi connectivity index (χ4n) is 3.62. The molecule has 2 heterocycles. The molecule has 0 aliphatic carbocycles. The third-order valence-corrected chi connectivity index (χ3v) is 5.53. The minimum Gasteiger partial charge on any atom is -0.504 e. The molecule has 3 rings (SSSR count).